The van der Waals surface area contributed by atoms with Crippen LogP contribution in [0.1, 0.15) is 35.5 Å². The average Bonchev–Trinajstić information content (AvgIpc) is 3.56. The molecule has 8 rings (SSSR count). The molecule has 8 heteroatoms. The first kappa shape index (κ1) is 20.7. The molecule has 1 saturated heterocycles. The lowest BCUT2D eigenvalue weighted by Gasteiger charge is -2.40. The molecule has 8 nitrogen and oxygen atoms in total. The lowest BCUT2D eigenvalue weighted by Crippen LogP contribution is -2.56. The van der Waals surface area contributed by atoms with Gasteiger partial charge in [-0.25, -0.2) is 0 Å². The number of amides is 1. The van der Waals surface area contributed by atoms with Crippen molar-refractivity contribution in [2.75, 3.05) is 19.7 Å². The predicted molar refractivity (Wildman–Crippen MR) is 137 cm³/mol. The summed E-state index contributed by atoms with van der Waals surface area (Å²) in [5.74, 6) is -0.0436. The summed E-state index contributed by atoms with van der Waals surface area (Å²) in [5.41, 5.74) is 3.34. The molecule has 2 bridgehead atoms. The second-order valence-electron chi connectivity index (χ2n) is 10.4. The summed E-state index contributed by atoms with van der Waals surface area (Å²) in [5, 5.41) is 32.0. The van der Waals surface area contributed by atoms with Gasteiger partial charge in [-0.15, -0.1) is 0 Å². The second-order valence-corrected chi connectivity index (χ2v) is 10.4. The van der Waals surface area contributed by atoms with E-state index in [2.05, 4.69) is 44.0 Å². The maximum atomic E-state index is 13.3. The predicted octanol–water partition coefficient (Wildman–Crippen LogP) is 3.06. The normalized spacial score (nSPS) is 26.5. The van der Waals surface area contributed by atoms with Crippen LogP contribution in [0.4, 0.5) is 0 Å². The van der Waals surface area contributed by atoms with Crippen LogP contribution in [0.3, 0.4) is 0 Å². The minimum Gasteiger partial charge on any atom is -0.395 e. The summed E-state index contributed by atoms with van der Waals surface area (Å²) < 4.78 is 11.3. The molecule has 182 valence electrons. The highest BCUT2D eigenvalue weighted by Crippen LogP contribution is 2.57. The molecule has 1 fully saturated rings. The van der Waals surface area contributed by atoms with Gasteiger partial charge < -0.3 is 34.7 Å². The molecule has 3 aliphatic heterocycles. The number of hydrogen-bond acceptors (Lipinski definition) is 5. The van der Waals surface area contributed by atoms with E-state index in [1.165, 1.54) is 0 Å². The Balaban J connectivity index is 1.63. The van der Waals surface area contributed by atoms with E-state index in [-0.39, 0.29) is 19.1 Å². The van der Waals surface area contributed by atoms with Gasteiger partial charge in [-0.1, -0.05) is 36.4 Å². The number of aliphatic hydroxyl groups excluding tert-OH is 1. The zero-order valence-electron chi connectivity index (χ0n) is 19.8. The topological polar surface area (TPSA) is 101 Å². The van der Waals surface area contributed by atoms with Crippen molar-refractivity contribution in [3.05, 3.63) is 59.7 Å². The van der Waals surface area contributed by atoms with Crippen molar-refractivity contribution in [2.24, 2.45) is 0 Å². The van der Waals surface area contributed by atoms with Gasteiger partial charge in [-0.2, -0.15) is 0 Å². The Labute approximate surface area is 206 Å². The third kappa shape index (κ3) is 2.19. The number of carbonyl (C=O) groups is 1. The van der Waals surface area contributed by atoms with E-state index in [4.69, 9.17) is 4.74 Å². The van der Waals surface area contributed by atoms with Gasteiger partial charge in [-0.3, -0.25) is 4.79 Å². The van der Waals surface area contributed by atoms with Crippen LogP contribution in [-0.2, 0) is 17.0 Å². The van der Waals surface area contributed by atoms with Crippen molar-refractivity contribution in [3.63, 3.8) is 0 Å². The van der Waals surface area contributed by atoms with Crippen LogP contribution >= 0.6 is 0 Å². The summed E-state index contributed by atoms with van der Waals surface area (Å²) in [6.45, 7) is 3.09. The molecule has 0 radical (unpaired) electrons. The van der Waals surface area contributed by atoms with Crippen LogP contribution in [0.2, 0.25) is 0 Å². The minimum absolute atomic E-state index is 0.00731. The molecule has 3 aliphatic rings. The second kappa shape index (κ2) is 6.66. The molecule has 0 aliphatic carbocycles. The van der Waals surface area contributed by atoms with Crippen molar-refractivity contribution >= 4 is 49.5 Å². The quantitative estimate of drug-likeness (QED) is 0.295. The van der Waals surface area contributed by atoms with Gasteiger partial charge in [0.1, 0.15) is 11.8 Å². The molecular weight excluding hydrogens is 456 g/mol. The van der Waals surface area contributed by atoms with Gasteiger partial charge in [0.15, 0.2) is 5.72 Å². The van der Waals surface area contributed by atoms with Gasteiger partial charge in [0.2, 0.25) is 0 Å². The third-order valence-electron chi connectivity index (χ3n) is 8.68. The number of para-hydroxylation sites is 2. The summed E-state index contributed by atoms with van der Waals surface area (Å²) in [4.78, 5) is 13.3. The van der Waals surface area contributed by atoms with E-state index in [1.54, 1.807) is 0 Å². The first-order valence-corrected chi connectivity index (χ1v) is 12.5. The lowest BCUT2D eigenvalue weighted by molar-refractivity contribution is -0.175. The molecular formula is C28H26N4O4. The summed E-state index contributed by atoms with van der Waals surface area (Å²) in [7, 11) is 0. The number of fused-ring (bicyclic) bond motifs is 13. The van der Waals surface area contributed by atoms with Crippen molar-refractivity contribution < 1.29 is 19.7 Å². The van der Waals surface area contributed by atoms with Crippen molar-refractivity contribution in [1.82, 2.24) is 19.8 Å². The van der Waals surface area contributed by atoms with Crippen molar-refractivity contribution in [2.45, 2.75) is 37.4 Å². The molecule has 4 N–H and O–H groups in total. The van der Waals surface area contributed by atoms with Crippen LogP contribution in [0, 0.1) is 0 Å². The Kier molecular flexibility index (Phi) is 3.83. The monoisotopic (exact) mass is 482 g/mol. The van der Waals surface area contributed by atoms with Gasteiger partial charge in [0.25, 0.3) is 5.91 Å². The SMILES string of the molecule is C[C@@]12O[C@@H](C[C@]1(O)CNCCO)n1c3ccccc3c3c4c(c5c6ccccc6n2c5c31)CNC4=O. The molecule has 3 atom stereocenters. The fourth-order valence-corrected chi connectivity index (χ4v) is 7.13. The van der Waals surface area contributed by atoms with E-state index >= 15 is 0 Å². The Hall–Kier alpha value is -3.43. The fraction of sp³-hybridized carbons (Fsp3) is 0.321. The highest BCUT2D eigenvalue weighted by Gasteiger charge is 2.60. The molecule has 0 spiro atoms. The van der Waals surface area contributed by atoms with E-state index in [1.807, 2.05) is 31.2 Å². The van der Waals surface area contributed by atoms with Gasteiger partial charge in [0, 0.05) is 47.6 Å². The number of hydrogen-bond donors (Lipinski definition) is 4. The summed E-state index contributed by atoms with van der Waals surface area (Å²) in [6.07, 6.45) is -0.0606. The Morgan fingerprint density at radius 2 is 1.81 bits per heavy atom. The number of ether oxygens (including phenoxy) is 1. The molecule has 0 saturated carbocycles. The van der Waals surface area contributed by atoms with Crippen LogP contribution in [0.15, 0.2) is 48.5 Å². The number of nitrogens with one attached hydrogen (secondary N) is 2. The van der Waals surface area contributed by atoms with Gasteiger partial charge in [0.05, 0.1) is 34.2 Å². The van der Waals surface area contributed by atoms with Crippen LogP contribution < -0.4 is 10.6 Å². The fourth-order valence-electron chi connectivity index (χ4n) is 7.13. The zero-order chi connectivity index (χ0) is 24.4. The van der Waals surface area contributed by atoms with E-state index in [0.29, 0.717) is 19.5 Å². The maximum Gasteiger partial charge on any atom is 0.252 e. The number of aromatic nitrogens is 2. The molecule has 5 aromatic rings. The summed E-state index contributed by atoms with van der Waals surface area (Å²) in [6, 6.07) is 16.3. The minimum atomic E-state index is -1.25. The van der Waals surface area contributed by atoms with E-state index < -0.39 is 17.6 Å². The molecule has 36 heavy (non-hydrogen) atoms. The molecule has 5 heterocycles. The van der Waals surface area contributed by atoms with E-state index in [9.17, 15) is 15.0 Å². The number of nitrogens with zero attached hydrogens (tertiary/aromatic N) is 2. The summed E-state index contributed by atoms with van der Waals surface area (Å²) >= 11 is 0. The third-order valence-corrected chi connectivity index (χ3v) is 8.68. The molecule has 2 aromatic heterocycles. The number of benzene rings is 3. The number of rotatable bonds is 4. The largest absolute Gasteiger partial charge is 0.395 e. The first-order valence-electron chi connectivity index (χ1n) is 12.5. The van der Waals surface area contributed by atoms with Crippen LogP contribution in [0.25, 0.3) is 43.6 Å². The number of aliphatic hydroxyl groups is 2. The van der Waals surface area contributed by atoms with Gasteiger partial charge >= 0.3 is 0 Å². The maximum absolute atomic E-state index is 13.3. The lowest BCUT2D eigenvalue weighted by atomic mass is 9.88. The zero-order valence-corrected chi connectivity index (χ0v) is 19.8. The highest BCUT2D eigenvalue weighted by atomic mass is 16.6. The standard InChI is InChI=1S/C28H26N4O4/c1-27-28(35,14-29-10-11-33)12-20(36-27)31-18-8-4-2-6-15(18)22-23-17(13-30-26(23)34)21-16-7-3-5-9-19(16)32(27)25(21)24(22)31/h2-9,20,29,33,35H,10-14H2,1H3,(H,30,34)/t20-,27+,28-/m0/s1. The molecule has 3 aromatic carbocycles. The van der Waals surface area contributed by atoms with Crippen LogP contribution in [-0.4, -0.2) is 50.6 Å². The first-order chi connectivity index (χ1) is 17.5. The van der Waals surface area contributed by atoms with Crippen LogP contribution in [0.5, 0.6) is 0 Å². The smallest absolute Gasteiger partial charge is 0.252 e. The van der Waals surface area contributed by atoms with Crippen molar-refractivity contribution in [1.29, 1.82) is 0 Å². The number of carbonyl (C=O) groups excluding carboxylic acids is 1. The average molecular weight is 483 g/mol. The van der Waals surface area contributed by atoms with Gasteiger partial charge in [-0.05, 0) is 24.6 Å². The van der Waals surface area contributed by atoms with Crippen molar-refractivity contribution in [3.8, 4) is 0 Å². The Morgan fingerprint density at radius 3 is 2.58 bits per heavy atom. The molecule has 0 unspecified atom stereocenters. The van der Waals surface area contributed by atoms with E-state index in [0.717, 1.165) is 54.7 Å². The Morgan fingerprint density at radius 1 is 1.08 bits per heavy atom. The highest BCUT2D eigenvalue weighted by molar-refractivity contribution is 6.31. The Bertz CT molecular complexity index is 1790. The molecule has 1 amide bonds.